The van der Waals surface area contributed by atoms with Gasteiger partial charge in [0.15, 0.2) is 28.8 Å². The van der Waals surface area contributed by atoms with Gasteiger partial charge in [-0.25, -0.2) is 0 Å². The monoisotopic (exact) mass is 540 g/mol. The van der Waals surface area contributed by atoms with Gasteiger partial charge in [-0.05, 0) is 27.3 Å². The predicted octanol–water partition coefficient (Wildman–Crippen LogP) is 3.51. The van der Waals surface area contributed by atoms with Crippen LogP contribution in [0.2, 0.25) is 0 Å². The Kier molecular flexibility index (Phi) is 6.57. The Morgan fingerprint density at radius 3 is 1.87 bits per heavy atom. The van der Waals surface area contributed by atoms with Crippen molar-refractivity contribution in [3.05, 3.63) is 33.4 Å². The summed E-state index contributed by atoms with van der Waals surface area (Å²) in [4.78, 5) is 32.5. The van der Waals surface area contributed by atoms with Crippen LogP contribution in [0.3, 0.4) is 0 Å². The molecule has 4 atom stereocenters. The number of fused-ring (bicyclic) bond motifs is 7. The summed E-state index contributed by atoms with van der Waals surface area (Å²) in [5.41, 5.74) is 3.38. The first-order chi connectivity index (χ1) is 18.6. The largest absolute Gasteiger partial charge is 0.507 e. The van der Waals surface area contributed by atoms with Gasteiger partial charge in [-0.3, -0.25) is 14.5 Å². The molecule has 1 N–H and O–H groups in total. The van der Waals surface area contributed by atoms with E-state index in [1.54, 1.807) is 33.2 Å². The number of likely N-dealkylation sites (N-methyl/N-ethyl adjacent to an activating group) is 1. The van der Waals surface area contributed by atoms with Gasteiger partial charge in [0.2, 0.25) is 5.91 Å². The quantitative estimate of drug-likeness (QED) is 0.589. The van der Waals surface area contributed by atoms with Gasteiger partial charge in [-0.2, -0.15) is 0 Å². The number of piperazine rings is 1. The van der Waals surface area contributed by atoms with Crippen molar-refractivity contribution in [1.29, 1.82) is 0 Å². The number of amides is 1. The Hall–Kier alpha value is -3.66. The molecule has 2 unspecified atom stereocenters. The van der Waals surface area contributed by atoms with Gasteiger partial charge in [-0.1, -0.05) is 6.92 Å². The van der Waals surface area contributed by atoms with Crippen molar-refractivity contribution >= 4 is 11.7 Å². The number of methoxy groups -OCH3 is 5. The summed E-state index contributed by atoms with van der Waals surface area (Å²) in [7, 11) is 9.57. The lowest BCUT2D eigenvalue weighted by molar-refractivity contribution is -0.153. The minimum Gasteiger partial charge on any atom is -0.507 e. The molecule has 2 bridgehead atoms. The molecule has 210 valence electrons. The summed E-state index contributed by atoms with van der Waals surface area (Å²) >= 11 is 0. The number of aromatic hydroxyl groups is 1. The molecule has 3 heterocycles. The first-order valence-electron chi connectivity index (χ1n) is 13.0. The normalized spacial score (nSPS) is 23.6. The van der Waals surface area contributed by atoms with E-state index in [2.05, 4.69) is 0 Å². The zero-order valence-corrected chi connectivity index (χ0v) is 23.9. The number of ether oxygens (including phenoxy) is 5. The molecule has 0 radical (unpaired) electrons. The molecular formula is C29H36N2O8. The molecule has 1 saturated heterocycles. The van der Waals surface area contributed by atoms with Crippen LogP contribution in [0, 0.1) is 13.8 Å². The van der Waals surface area contributed by atoms with Crippen LogP contribution in [-0.4, -0.2) is 81.3 Å². The fourth-order valence-electron chi connectivity index (χ4n) is 7.11. The molecule has 0 spiro atoms. The summed E-state index contributed by atoms with van der Waals surface area (Å²) in [5.74, 6) is 1.66. The smallest absolute Gasteiger partial charge is 0.241 e. The predicted molar refractivity (Wildman–Crippen MR) is 143 cm³/mol. The molecule has 39 heavy (non-hydrogen) atoms. The number of carbonyl (C=O) groups is 2. The Bertz CT molecular complexity index is 1390. The van der Waals surface area contributed by atoms with Crippen LogP contribution >= 0.6 is 0 Å². The van der Waals surface area contributed by atoms with E-state index in [1.807, 2.05) is 25.8 Å². The second-order valence-electron chi connectivity index (χ2n) is 10.3. The highest BCUT2D eigenvalue weighted by Gasteiger charge is 2.59. The number of ketones is 1. The maximum Gasteiger partial charge on any atom is 0.241 e. The molecule has 10 heteroatoms. The lowest BCUT2D eigenvalue weighted by Crippen LogP contribution is -2.68. The highest BCUT2D eigenvalue weighted by molar-refractivity contribution is 6.10. The molecule has 5 rings (SSSR count). The standard InChI is InChI=1S/C29H36N2O8/c1-10-15-18-19(22(32)12(2)25(36-6)28(18)39-9)23(33)21-20-17-14(11-16(30(20)4)29(34)31(15)21)24(35-5)13(3)26(37-7)27(17)38-8/h15-16,20-21,32H,10-11H2,1-9H3/t15-,16-,20?,21?/m0/s1. The van der Waals surface area contributed by atoms with Crippen LogP contribution in [0.4, 0.5) is 0 Å². The second kappa shape index (κ2) is 9.51. The van der Waals surface area contributed by atoms with E-state index < -0.39 is 24.2 Å². The molecular weight excluding hydrogens is 504 g/mol. The van der Waals surface area contributed by atoms with E-state index in [0.717, 1.165) is 16.7 Å². The van der Waals surface area contributed by atoms with Crippen molar-refractivity contribution in [2.24, 2.45) is 0 Å². The number of hydrogen-bond acceptors (Lipinski definition) is 9. The molecule has 1 fully saturated rings. The van der Waals surface area contributed by atoms with Crippen molar-refractivity contribution in [2.75, 3.05) is 42.6 Å². The van der Waals surface area contributed by atoms with E-state index in [4.69, 9.17) is 23.7 Å². The third kappa shape index (κ3) is 3.30. The fraction of sp³-hybridized carbons (Fsp3) is 0.517. The van der Waals surface area contributed by atoms with Gasteiger partial charge in [0.05, 0.1) is 59.2 Å². The summed E-state index contributed by atoms with van der Waals surface area (Å²) in [6.07, 6.45) is 0.879. The second-order valence-corrected chi connectivity index (χ2v) is 10.3. The highest BCUT2D eigenvalue weighted by atomic mass is 16.5. The summed E-state index contributed by atoms with van der Waals surface area (Å²) in [6, 6.07) is -2.55. The average molecular weight is 541 g/mol. The first-order valence-corrected chi connectivity index (χ1v) is 13.0. The maximum absolute atomic E-state index is 14.5. The zero-order valence-electron chi connectivity index (χ0n) is 23.9. The number of phenolic OH excluding ortho intramolecular Hbond substituents is 1. The molecule has 2 aromatic rings. The summed E-state index contributed by atoms with van der Waals surface area (Å²) < 4.78 is 28.9. The Morgan fingerprint density at radius 1 is 0.795 bits per heavy atom. The number of Topliss-reactive ketones (excluding diaryl/α,β-unsaturated/α-hetero) is 1. The lowest BCUT2D eigenvalue weighted by atomic mass is 9.72. The van der Waals surface area contributed by atoms with E-state index in [1.165, 1.54) is 14.2 Å². The average Bonchev–Trinajstić information content (AvgIpc) is 2.92. The number of carbonyl (C=O) groups excluding carboxylic acids is 2. The molecule has 0 aliphatic carbocycles. The summed E-state index contributed by atoms with van der Waals surface area (Å²) in [5, 5.41) is 11.4. The van der Waals surface area contributed by atoms with Crippen LogP contribution in [0.1, 0.15) is 63.6 Å². The Morgan fingerprint density at radius 2 is 1.33 bits per heavy atom. The number of hydrogen-bond donors (Lipinski definition) is 1. The molecule has 2 aromatic carbocycles. The summed E-state index contributed by atoms with van der Waals surface area (Å²) in [6.45, 7) is 5.52. The lowest BCUT2D eigenvalue weighted by Gasteiger charge is -2.56. The molecule has 3 aliphatic heterocycles. The topological polar surface area (TPSA) is 107 Å². The van der Waals surface area contributed by atoms with Crippen LogP contribution in [-0.2, 0) is 11.2 Å². The molecule has 0 saturated carbocycles. The molecule has 0 aromatic heterocycles. The molecule has 1 amide bonds. The molecule has 10 nitrogen and oxygen atoms in total. The van der Waals surface area contributed by atoms with E-state index in [9.17, 15) is 14.7 Å². The van der Waals surface area contributed by atoms with E-state index in [0.29, 0.717) is 52.7 Å². The van der Waals surface area contributed by atoms with Crippen LogP contribution in [0.15, 0.2) is 0 Å². The van der Waals surface area contributed by atoms with Gasteiger partial charge >= 0.3 is 0 Å². The Balaban J connectivity index is 1.87. The van der Waals surface area contributed by atoms with Crippen LogP contribution in [0.25, 0.3) is 0 Å². The van der Waals surface area contributed by atoms with Crippen molar-refractivity contribution < 1.29 is 38.4 Å². The Labute approximate surface area is 228 Å². The van der Waals surface area contributed by atoms with Crippen LogP contribution < -0.4 is 23.7 Å². The third-order valence-electron chi connectivity index (χ3n) is 8.74. The number of rotatable bonds is 6. The first kappa shape index (κ1) is 26.9. The molecule has 3 aliphatic rings. The van der Waals surface area contributed by atoms with Gasteiger partial charge in [-0.15, -0.1) is 0 Å². The van der Waals surface area contributed by atoms with Crippen LogP contribution in [0.5, 0.6) is 34.5 Å². The van der Waals surface area contributed by atoms with Crippen molar-refractivity contribution in [3.8, 4) is 34.5 Å². The van der Waals surface area contributed by atoms with Crippen molar-refractivity contribution in [2.45, 2.75) is 57.8 Å². The minimum atomic E-state index is -0.926. The van der Waals surface area contributed by atoms with E-state index >= 15 is 0 Å². The van der Waals surface area contributed by atoms with Gasteiger partial charge in [0.25, 0.3) is 0 Å². The van der Waals surface area contributed by atoms with Gasteiger partial charge in [0, 0.05) is 34.2 Å². The van der Waals surface area contributed by atoms with Crippen molar-refractivity contribution in [3.63, 3.8) is 0 Å². The highest BCUT2D eigenvalue weighted by Crippen LogP contribution is 2.58. The third-order valence-corrected chi connectivity index (χ3v) is 8.74. The number of phenols is 1. The SMILES string of the molecule is CC[C@H]1c2c(OC)c(OC)c(C)c(O)c2C(=O)C2C3c4c(c(OC)c(C)c(OC)c4OC)C[C@@H](C(=O)N21)N3C. The fourth-order valence-corrected chi connectivity index (χ4v) is 7.11. The maximum atomic E-state index is 14.5. The van der Waals surface area contributed by atoms with Gasteiger partial charge < -0.3 is 33.7 Å². The zero-order chi connectivity index (χ0) is 28.5. The van der Waals surface area contributed by atoms with Crippen molar-refractivity contribution in [1.82, 2.24) is 9.80 Å². The van der Waals surface area contributed by atoms with E-state index in [-0.39, 0.29) is 23.0 Å². The number of nitrogens with zero attached hydrogens (tertiary/aromatic N) is 2. The van der Waals surface area contributed by atoms with Gasteiger partial charge in [0.1, 0.15) is 17.5 Å². The minimum absolute atomic E-state index is 0.161. The number of benzene rings is 2.